The largest absolute Gasteiger partial charge is 0.353 e. The van der Waals surface area contributed by atoms with Crippen molar-refractivity contribution in [2.24, 2.45) is 5.41 Å². The van der Waals surface area contributed by atoms with Gasteiger partial charge >= 0.3 is 0 Å². The first-order chi connectivity index (χ1) is 6.56. The van der Waals surface area contributed by atoms with Crippen molar-refractivity contribution in [1.82, 2.24) is 10.6 Å². The standard InChI is InChI=1S/C10H19ClN2O/c1-10(2,7-11)9(14)13-8-3-5-12-6-4-8/h8,12H,3-7H2,1-2H3,(H,13,14). The van der Waals surface area contributed by atoms with Crippen LogP contribution in [-0.4, -0.2) is 30.9 Å². The van der Waals surface area contributed by atoms with Crippen LogP contribution in [0.2, 0.25) is 0 Å². The second-order valence-electron chi connectivity index (χ2n) is 4.52. The Balaban J connectivity index is 2.39. The van der Waals surface area contributed by atoms with Crippen molar-refractivity contribution in [3.8, 4) is 0 Å². The highest BCUT2D eigenvalue weighted by molar-refractivity contribution is 6.19. The molecule has 1 rings (SSSR count). The molecule has 0 aromatic heterocycles. The number of halogens is 1. The van der Waals surface area contributed by atoms with Crippen LogP contribution in [0.4, 0.5) is 0 Å². The molecule has 1 amide bonds. The number of rotatable bonds is 3. The maximum atomic E-state index is 11.7. The van der Waals surface area contributed by atoms with Gasteiger partial charge in [0.15, 0.2) is 0 Å². The lowest BCUT2D eigenvalue weighted by atomic mass is 9.94. The number of carbonyl (C=O) groups excluding carboxylic acids is 1. The third-order valence-electron chi connectivity index (χ3n) is 2.62. The second-order valence-corrected chi connectivity index (χ2v) is 4.78. The number of nitrogens with one attached hydrogen (secondary N) is 2. The van der Waals surface area contributed by atoms with E-state index in [1.807, 2.05) is 13.8 Å². The zero-order chi connectivity index (χ0) is 10.6. The summed E-state index contributed by atoms with van der Waals surface area (Å²) in [6, 6.07) is 0.325. The van der Waals surface area contributed by atoms with Crippen molar-refractivity contribution in [1.29, 1.82) is 0 Å². The monoisotopic (exact) mass is 218 g/mol. The fourth-order valence-corrected chi connectivity index (χ4v) is 1.53. The topological polar surface area (TPSA) is 41.1 Å². The molecule has 1 aliphatic rings. The first-order valence-corrected chi connectivity index (χ1v) is 5.67. The average molecular weight is 219 g/mol. The molecule has 0 bridgehead atoms. The predicted molar refractivity (Wildman–Crippen MR) is 58.5 cm³/mol. The van der Waals surface area contributed by atoms with E-state index in [4.69, 9.17) is 11.6 Å². The van der Waals surface area contributed by atoms with Gasteiger partial charge in [-0.15, -0.1) is 11.6 Å². The van der Waals surface area contributed by atoms with Gasteiger partial charge in [-0.05, 0) is 39.8 Å². The summed E-state index contributed by atoms with van der Waals surface area (Å²) < 4.78 is 0. The van der Waals surface area contributed by atoms with Crippen molar-refractivity contribution < 1.29 is 4.79 Å². The van der Waals surface area contributed by atoms with Crippen molar-refractivity contribution >= 4 is 17.5 Å². The number of alkyl halides is 1. The van der Waals surface area contributed by atoms with E-state index in [0.717, 1.165) is 25.9 Å². The molecule has 0 saturated carbocycles. The second kappa shape index (κ2) is 4.99. The quantitative estimate of drug-likeness (QED) is 0.698. The fourth-order valence-electron chi connectivity index (χ4n) is 1.41. The molecule has 1 aliphatic heterocycles. The van der Waals surface area contributed by atoms with Crippen LogP contribution >= 0.6 is 11.6 Å². The Hall–Kier alpha value is -0.280. The van der Waals surface area contributed by atoms with Crippen LogP contribution in [-0.2, 0) is 4.79 Å². The summed E-state index contributed by atoms with van der Waals surface area (Å²) in [5.74, 6) is 0.434. The van der Waals surface area contributed by atoms with Gasteiger partial charge in [-0.1, -0.05) is 0 Å². The molecule has 2 N–H and O–H groups in total. The SMILES string of the molecule is CC(C)(CCl)C(=O)NC1CCNCC1. The van der Waals surface area contributed by atoms with Gasteiger partial charge in [0.2, 0.25) is 5.91 Å². The summed E-state index contributed by atoms with van der Waals surface area (Å²) in [5, 5.41) is 6.31. The van der Waals surface area contributed by atoms with Crippen LogP contribution in [0.1, 0.15) is 26.7 Å². The molecule has 0 unspecified atom stereocenters. The fraction of sp³-hybridized carbons (Fsp3) is 0.900. The minimum Gasteiger partial charge on any atom is -0.353 e. The number of amides is 1. The molecule has 0 aromatic rings. The van der Waals surface area contributed by atoms with Crippen LogP contribution < -0.4 is 10.6 Å². The molecular formula is C10H19ClN2O. The maximum Gasteiger partial charge on any atom is 0.227 e. The highest BCUT2D eigenvalue weighted by Crippen LogP contribution is 2.18. The van der Waals surface area contributed by atoms with Crippen LogP contribution in [0.25, 0.3) is 0 Å². The Morgan fingerprint density at radius 3 is 2.57 bits per heavy atom. The normalized spacial score (nSPS) is 19.4. The van der Waals surface area contributed by atoms with E-state index in [9.17, 15) is 4.79 Å². The van der Waals surface area contributed by atoms with Crippen molar-refractivity contribution in [3.05, 3.63) is 0 Å². The molecule has 4 heteroatoms. The van der Waals surface area contributed by atoms with Gasteiger partial charge in [0.1, 0.15) is 0 Å². The summed E-state index contributed by atoms with van der Waals surface area (Å²) in [6.45, 7) is 5.73. The van der Waals surface area contributed by atoms with Crippen molar-refractivity contribution in [2.45, 2.75) is 32.7 Å². The Morgan fingerprint density at radius 2 is 2.07 bits per heavy atom. The molecule has 0 aromatic carbocycles. The molecule has 82 valence electrons. The van der Waals surface area contributed by atoms with E-state index < -0.39 is 5.41 Å². The molecule has 3 nitrogen and oxygen atoms in total. The summed E-state index contributed by atoms with van der Waals surface area (Å²) in [5.41, 5.74) is -0.452. The van der Waals surface area contributed by atoms with Gasteiger partial charge in [-0.3, -0.25) is 4.79 Å². The van der Waals surface area contributed by atoms with Crippen molar-refractivity contribution in [2.75, 3.05) is 19.0 Å². The molecular weight excluding hydrogens is 200 g/mol. The van der Waals surface area contributed by atoms with Gasteiger partial charge in [-0.2, -0.15) is 0 Å². The molecule has 1 fully saturated rings. The first kappa shape index (κ1) is 11.8. The summed E-state index contributed by atoms with van der Waals surface area (Å²) in [4.78, 5) is 11.7. The minimum atomic E-state index is -0.452. The Labute approximate surface area is 90.6 Å². The van der Waals surface area contributed by atoms with Crippen LogP contribution in [0.5, 0.6) is 0 Å². The Morgan fingerprint density at radius 1 is 1.50 bits per heavy atom. The van der Waals surface area contributed by atoms with Gasteiger partial charge in [0.25, 0.3) is 0 Å². The highest BCUT2D eigenvalue weighted by atomic mass is 35.5. The van der Waals surface area contributed by atoms with Crippen LogP contribution in [0, 0.1) is 5.41 Å². The highest BCUT2D eigenvalue weighted by Gasteiger charge is 2.28. The minimum absolute atomic E-state index is 0.0689. The molecule has 0 atom stereocenters. The molecule has 1 heterocycles. The van der Waals surface area contributed by atoms with E-state index in [1.165, 1.54) is 0 Å². The first-order valence-electron chi connectivity index (χ1n) is 5.14. The summed E-state index contributed by atoms with van der Waals surface area (Å²) in [7, 11) is 0. The van der Waals surface area contributed by atoms with Crippen molar-refractivity contribution in [3.63, 3.8) is 0 Å². The molecule has 14 heavy (non-hydrogen) atoms. The van der Waals surface area contributed by atoms with Gasteiger partial charge < -0.3 is 10.6 Å². The Kier molecular flexibility index (Phi) is 4.20. The smallest absolute Gasteiger partial charge is 0.227 e. The lowest BCUT2D eigenvalue weighted by Gasteiger charge is -2.28. The van der Waals surface area contributed by atoms with Gasteiger partial charge in [0, 0.05) is 11.9 Å². The number of hydrogen-bond donors (Lipinski definition) is 2. The summed E-state index contributed by atoms with van der Waals surface area (Å²) >= 11 is 5.73. The number of piperidine rings is 1. The van der Waals surface area contributed by atoms with Crippen LogP contribution in [0.3, 0.4) is 0 Å². The van der Waals surface area contributed by atoms with E-state index in [1.54, 1.807) is 0 Å². The van der Waals surface area contributed by atoms with E-state index in [-0.39, 0.29) is 5.91 Å². The third-order valence-corrected chi connectivity index (χ3v) is 3.29. The van der Waals surface area contributed by atoms with E-state index in [0.29, 0.717) is 11.9 Å². The lowest BCUT2D eigenvalue weighted by Crippen LogP contribution is -2.47. The molecule has 0 aliphatic carbocycles. The zero-order valence-corrected chi connectivity index (χ0v) is 9.66. The average Bonchev–Trinajstić information content (AvgIpc) is 2.19. The molecule has 0 radical (unpaired) electrons. The number of hydrogen-bond acceptors (Lipinski definition) is 2. The zero-order valence-electron chi connectivity index (χ0n) is 8.90. The van der Waals surface area contributed by atoms with E-state index >= 15 is 0 Å². The Bertz CT molecular complexity index is 200. The summed E-state index contributed by atoms with van der Waals surface area (Å²) in [6.07, 6.45) is 2.04. The van der Waals surface area contributed by atoms with Gasteiger partial charge in [0.05, 0.1) is 5.41 Å². The van der Waals surface area contributed by atoms with Gasteiger partial charge in [-0.25, -0.2) is 0 Å². The van der Waals surface area contributed by atoms with E-state index in [2.05, 4.69) is 10.6 Å². The lowest BCUT2D eigenvalue weighted by molar-refractivity contribution is -0.129. The number of carbonyl (C=O) groups is 1. The molecule has 1 saturated heterocycles. The third kappa shape index (κ3) is 3.14. The van der Waals surface area contributed by atoms with Crippen LogP contribution in [0.15, 0.2) is 0 Å². The maximum absolute atomic E-state index is 11.7. The predicted octanol–water partition coefficient (Wildman–Crippen LogP) is 1.12. The molecule has 0 spiro atoms.